The summed E-state index contributed by atoms with van der Waals surface area (Å²) in [5.74, 6) is -3.68. The quantitative estimate of drug-likeness (QED) is 0.242. The molecule has 5 rings (SSSR count). The molecule has 1 atom stereocenters. The third-order valence-corrected chi connectivity index (χ3v) is 6.74. The van der Waals surface area contributed by atoms with E-state index in [2.05, 4.69) is 15.1 Å². The van der Waals surface area contributed by atoms with Crippen molar-refractivity contribution in [3.8, 4) is 28.8 Å². The summed E-state index contributed by atoms with van der Waals surface area (Å²) < 4.78 is 50.1. The molecule has 0 spiro atoms. The number of halogens is 3. The summed E-state index contributed by atoms with van der Waals surface area (Å²) in [7, 11) is 0. The first-order chi connectivity index (χ1) is 19.7. The molecule has 9 nitrogen and oxygen atoms in total. The van der Waals surface area contributed by atoms with Crippen LogP contribution in [-0.4, -0.2) is 43.6 Å². The molecule has 0 aliphatic carbocycles. The molecule has 0 radical (unpaired) electrons. The number of carbonyl (C=O) groups excluding carboxylic acids is 1. The third-order valence-electron chi connectivity index (χ3n) is 6.74. The van der Waals surface area contributed by atoms with Crippen LogP contribution in [-0.2, 0) is 4.79 Å². The van der Waals surface area contributed by atoms with Crippen LogP contribution in [0, 0.1) is 34.7 Å². The van der Waals surface area contributed by atoms with Crippen LogP contribution in [0.1, 0.15) is 32.7 Å². The molecule has 2 N–H and O–H groups in total. The van der Waals surface area contributed by atoms with E-state index >= 15 is 4.39 Å². The highest BCUT2D eigenvalue weighted by atomic mass is 19.2. The van der Waals surface area contributed by atoms with E-state index in [9.17, 15) is 18.8 Å². The van der Waals surface area contributed by atoms with Crippen molar-refractivity contribution in [1.82, 2.24) is 24.6 Å². The van der Waals surface area contributed by atoms with Crippen LogP contribution in [0.2, 0.25) is 0 Å². The summed E-state index contributed by atoms with van der Waals surface area (Å²) in [6, 6.07) is 8.97. The Balaban J connectivity index is 1.50. The molecule has 1 aliphatic heterocycles. The molecule has 3 heterocycles. The minimum Gasteiger partial charge on any atom is -0.454 e. The molecular formula is C29H26F3N7O2. The van der Waals surface area contributed by atoms with Crippen molar-refractivity contribution in [2.24, 2.45) is 5.92 Å². The second-order valence-electron chi connectivity index (χ2n) is 10.0. The number of anilines is 1. The number of nitrogen functional groups attached to an aromatic ring is 1. The molecule has 2 aromatic carbocycles. The molecule has 0 saturated carbocycles. The van der Waals surface area contributed by atoms with E-state index in [1.54, 1.807) is 15.7 Å². The number of aromatic nitrogens is 4. The first-order valence-electron chi connectivity index (χ1n) is 13.0. The van der Waals surface area contributed by atoms with E-state index in [4.69, 9.17) is 10.5 Å². The summed E-state index contributed by atoms with van der Waals surface area (Å²) >= 11 is 0. The predicted molar refractivity (Wildman–Crippen MR) is 145 cm³/mol. The number of hydrogen-bond acceptors (Lipinski definition) is 7. The molecule has 0 bridgehead atoms. The molecule has 2 aromatic heterocycles. The number of nitrogens with zero attached hydrogens (tertiary/aromatic N) is 6. The fourth-order valence-electron chi connectivity index (χ4n) is 4.88. The van der Waals surface area contributed by atoms with Crippen LogP contribution < -0.4 is 10.5 Å². The van der Waals surface area contributed by atoms with Gasteiger partial charge in [0.1, 0.15) is 41.0 Å². The predicted octanol–water partition coefficient (Wildman–Crippen LogP) is 5.55. The molecule has 1 unspecified atom stereocenters. The first-order valence-corrected chi connectivity index (χ1v) is 13.0. The van der Waals surface area contributed by atoms with Crippen molar-refractivity contribution in [2.45, 2.75) is 32.7 Å². The van der Waals surface area contributed by atoms with E-state index in [1.165, 1.54) is 30.6 Å². The average molecular weight is 562 g/mol. The van der Waals surface area contributed by atoms with Gasteiger partial charge in [0.2, 0.25) is 5.82 Å². The van der Waals surface area contributed by atoms with Crippen LogP contribution in [0.15, 0.2) is 54.4 Å². The standard InChI is InChI=1S/C29H26F3N7O2/c1-16(2)11-17(13-33)29(40)38-10-4-5-18(14-38)39-28-24(27(34)35-15-36-28)26(37-39)20-9-8-19(12-22(20)31)41-23-7-3-6-21(30)25(23)32/h3,6-9,11-12,15-16,18H,4-5,10,14H2,1-2H3,(H2,34,35,36). The van der Waals surface area contributed by atoms with Gasteiger partial charge in [-0.2, -0.15) is 14.8 Å². The lowest BCUT2D eigenvalue weighted by atomic mass is 10.0. The Bertz CT molecular complexity index is 1710. The van der Waals surface area contributed by atoms with Gasteiger partial charge >= 0.3 is 0 Å². The Kier molecular flexibility index (Phi) is 7.61. The smallest absolute Gasteiger partial charge is 0.264 e. The number of rotatable bonds is 6. The Morgan fingerprint density at radius 2 is 2.00 bits per heavy atom. The maximum absolute atomic E-state index is 15.5. The maximum atomic E-state index is 15.5. The number of carbonyl (C=O) groups is 1. The Hall–Kier alpha value is -4.92. The van der Waals surface area contributed by atoms with E-state index in [-0.39, 0.29) is 58.6 Å². The molecular weight excluding hydrogens is 535 g/mol. The SMILES string of the molecule is CC(C)C=C(C#N)C(=O)N1CCCC(n2nc(-c3ccc(Oc4cccc(F)c4F)cc3F)c3c(N)ncnc32)C1. The molecule has 1 amide bonds. The molecule has 1 fully saturated rings. The Morgan fingerprint density at radius 1 is 1.20 bits per heavy atom. The largest absolute Gasteiger partial charge is 0.454 e. The summed E-state index contributed by atoms with van der Waals surface area (Å²) in [5, 5.41) is 14.5. The number of ether oxygens (including phenoxy) is 1. The van der Waals surface area contributed by atoms with E-state index in [0.29, 0.717) is 30.4 Å². The number of benzene rings is 2. The second-order valence-corrected chi connectivity index (χ2v) is 10.0. The topological polar surface area (TPSA) is 123 Å². The molecule has 4 aromatic rings. The summed E-state index contributed by atoms with van der Waals surface area (Å²) in [6.45, 7) is 4.54. The summed E-state index contributed by atoms with van der Waals surface area (Å²) in [5.41, 5.74) is 6.89. The number of piperidine rings is 1. The van der Waals surface area contributed by atoms with E-state index < -0.39 is 17.5 Å². The van der Waals surface area contributed by atoms with Crippen LogP contribution >= 0.6 is 0 Å². The lowest BCUT2D eigenvalue weighted by molar-refractivity contribution is -0.128. The fraction of sp³-hybridized carbons (Fsp3) is 0.276. The molecule has 12 heteroatoms. The fourth-order valence-corrected chi connectivity index (χ4v) is 4.88. The van der Waals surface area contributed by atoms with Gasteiger partial charge in [0.05, 0.1) is 11.4 Å². The molecule has 210 valence electrons. The monoisotopic (exact) mass is 561 g/mol. The van der Waals surface area contributed by atoms with Gasteiger partial charge in [0.25, 0.3) is 5.91 Å². The van der Waals surface area contributed by atoms with Gasteiger partial charge in [-0.3, -0.25) is 4.79 Å². The van der Waals surface area contributed by atoms with Crippen LogP contribution in [0.5, 0.6) is 11.5 Å². The Morgan fingerprint density at radius 3 is 2.73 bits per heavy atom. The van der Waals surface area contributed by atoms with Crippen LogP contribution in [0.4, 0.5) is 19.0 Å². The number of amides is 1. The van der Waals surface area contributed by atoms with Gasteiger partial charge in [0, 0.05) is 24.7 Å². The van der Waals surface area contributed by atoms with E-state index in [0.717, 1.165) is 12.1 Å². The van der Waals surface area contributed by atoms with Crippen molar-refractivity contribution in [3.05, 3.63) is 71.8 Å². The lowest BCUT2D eigenvalue weighted by Gasteiger charge is -2.33. The van der Waals surface area contributed by atoms with Gasteiger partial charge in [-0.05, 0) is 43.0 Å². The highest BCUT2D eigenvalue weighted by Gasteiger charge is 2.30. The summed E-state index contributed by atoms with van der Waals surface area (Å²) in [6.07, 6.45) is 4.24. The minimum absolute atomic E-state index is 0.0334. The number of fused-ring (bicyclic) bond motifs is 1. The second kappa shape index (κ2) is 11.3. The minimum atomic E-state index is -1.19. The lowest BCUT2D eigenvalue weighted by Crippen LogP contribution is -2.41. The number of nitriles is 1. The summed E-state index contributed by atoms with van der Waals surface area (Å²) in [4.78, 5) is 23.1. The van der Waals surface area contributed by atoms with Crippen LogP contribution in [0.25, 0.3) is 22.3 Å². The van der Waals surface area contributed by atoms with E-state index in [1.807, 2.05) is 19.9 Å². The molecule has 1 saturated heterocycles. The van der Waals surface area contributed by atoms with Gasteiger partial charge in [0.15, 0.2) is 17.2 Å². The van der Waals surface area contributed by atoms with Gasteiger partial charge in [-0.15, -0.1) is 0 Å². The number of nitrogens with two attached hydrogens (primary N) is 1. The maximum Gasteiger partial charge on any atom is 0.264 e. The van der Waals surface area contributed by atoms with Crippen LogP contribution in [0.3, 0.4) is 0 Å². The van der Waals surface area contributed by atoms with Crippen molar-refractivity contribution >= 4 is 22.8 Å². The third kappa shape index (κ3) is 5.43. The zero-order valence-electron chi connectivity index (χ0n) is 22.3. The zero-order valence-corrected chi connectivity index (χ0v) is 22.3. The highest BCUT2D eigenvalue weighted by Crippen LogP contribution is 2.37. The molecule has 41 heavy (non-hydrogen) atoms. The molecule has 1 aliphatic rings. The zero-order chi connectivity index (χ0) is 29.3. The normalized spacial score (nSPS) is 15.8. The average Bonchev–Trinajstić information content (AvgIpc) is 3.34. The number of likely N-dealkylation sites (tertiary alicyclic amines) is 1. The van der Waals surface area contributed by atoms with Gasteiger partial charge < -0.3 is 15.4 Å². The first kappa shape index (κ1) is 27.6. The van der Waals surface area contributed by atoms with Crippen molar-refractivity contribution in [3.63, 3.8) is 0 Å². The number of allylic oxidation sites excluding steroid dienone is 1. The van der Waals surface area contributed by atoms with Crippen molar-refractivity contribution in [2.75, 3.05) is 18.8 Å². The van der Waals surface area contributed by atoms with Crippen molar-refractivity contribution < 1.29 is 22.7 Å². The highest BCUT2D eigenvalue weighted by molar-refractivity contribution is 5.99. The Labute approximate surface area is 233 Å². The van der Waals surface area contributed by atoms with Gasteiger partial charge in [-0.25, -0.2) is 23.4 Å². The van der Waals surface area contributed by atoms with Crippen molar-refractivity contribution in [1.29, 1.82) is 5.26 Å². The number of hydrogen-bond donors (Lipinski definition) is 1. The van der Waals surface area contributed by atoms with Gasteiger partial charge in [-0.1, -0.05) is 26.0 Å².